The summed E-state index contributed by atoms with van der Waals surface area (Å²) in [4.78, 5) is 25.7. The molecule has 0 aromatic rings. The van der Waals surface area contributed by atoms with Gasteiger partial charge in [0.25, 0.3) is 0 Å². The van der Waals surface area contributed by atoms with Crippen molar-refractivity contribution in [1.29, 1.82) is 0 Å². The van der Waals surface area contributed by atoms with E-state index in [1.165, 1.54) is 0 Å². The number of hydrogen-bond acceptors (Lipinski definition) is 10. The third-order valence-electron chi connectivity index (χ3n) is 12.8. The molecule has 4 saturated heterocycles. The minimum Gasteiger partial charge on any atom is -0.481 e. The average Bonchev–Trinajstić information content (AvgIpc) is 3.40. The second-order valence-electron chi connectivity index (χ2n) is 16.5. The molecule has 2 spiro atoms. The number of aliphatic carboxylic acids is 1. The number of nitrogens with two attached hydrogens (primary N) is 1. The van der Waals surface area contributed by atoms with Crippen LogP contribution in [0.2, 0.25) is 0 Å². The highest BCUT2D eigenvalue weighted by molar-refractivity contribution is 5.84. The van der Waals surface area contributed by atoms with Crippen molar-refractivity contribution in [2.24, 2.45) is 41.2 Å². The van der Waals surface area contributed by atoms with Crippen LogP contribution in [-0.2, 0) is 33.3 Å². The molecule has 5 aliphatic heterocycles. The summed E-state index contributed by atoms with van der Waals surface area (Å²) in [7, 11) is 0. The zero-order valence-electron chi connectivity index (χ0n) is 30.9. The van der Waals surface area contributed by atoms with Gasteiger partial charge in [-0.15, -0.1) is 0 Å². The zero-order valence-corrected chi connectivity index (χ0v) is 30.9. The van der Waals surface area contributed by atoms with Crippen molar-refractivity contribution in [3.63, 3.8) is 0 Å². The quantitative estimate of drug-likeness (QED) is 0.234. The van der Waals surface area contributed by atoms with Crippen molar-refractivity contribution in [2.75, 3.05) is 0 Å². The maximum absolute atomic E-state index is 14.3. The average molecular weight is 694 g/mol. The standard InChI is InChI=1S/C38H63NO10/c1-9-27(33(44)23(5)32(43)24(6)34-20(2)10-11-26(46-34)19-31(41)42)35-21(3)18-22(4)37(47-35)15-14-29(39)38(49-37)17-16-36(8,48-38)30-13-12-28(40)25(7)45-30/h14-15,20-30,32,34-35,40,43H,9-13,16-19,39H2,1-8H3,(H,41,42)/t20-,21-,22+,23-,24-,25-,26+,27?,28+,29+,30+,32+,34+,35-,36-,37-,38-/m0/s1. The van der Waals surface area contributed by atoms with Crippen molar-refractivity contribution in [2.45, 2.75) is 179 Å². The predicted octanol–water partition coefficient (Wildman–Crippen LogP) is 4.74. The molecule has 0 radical (unpaired) electrons. The molecule has 0 saturated carbocycles. The van der Waals surface area contributed by atoms with Gasteiger partial charge in [0.1, 0.15) is 5.78 Å². The van der Waals surface area contributed by atoms with Crippen LogP contribution in [0, 0.1) is 35.5 Å². The maximum Gasteiger partial charge on any atom is 0.305 e. The zero-order chi connectivity index (χ0) is 36.1. The Morgan fingerprint density at radius 3 is 2.35 bits per heavy atom. The summed E-state index contributed by atoms with van der Waals surface area (Å²) in [6, 6.07) is -0.528. The number of aliphatic hydroxyl groups is 2. The minimum atomic E-state index is -1.15. The predicted molar refractivity (Wildman–Crippen MR) is 182 cm³/mol. The molecule has 0 aliphatic carbocycles. The molecule has 11 nitrogen and oxygen atoms in total. The fourth-order valence-electron chi connectivity index (χ4n) is 9.52. The molecule has 5 N–H and O–H groups in total. The first-order valence-corrected chi connectivity index (χ1v) is 18.9. The summed E-state index contributed by atoms with van der Waals surface area (Å²) in [5, 5.41) is 31.2. The fraction of sp³-hybridized carbons (Fsp3) is 0.895. The monoisotopic (exact) mass is 693 g/mol. The summed E-state index contributed by atoms with van der Waals surface area (Å²) in [5.74, 6) is -4.63. The summed E-state index contributed by atoms with van der Waals surface area (Å²) in [5.41, 5.74) is 6.06. The van der Waals surface area contributed by atoms with Crippen LogP contribution in [0.3, 0.4) is 0 Å². The molecule has 5 aliphatic rings. The molecule has 11 heteroatoms. The van der Waals surface area contributed by atoms with Crippen molar-refractivity contribution >= 4 is 11.8 Å². The van der Waals surface area contributed by atoms with Crippen LogP contribution < -0.4 is 5.73 Å². The Balaban J connectivity index is 1.31. The Hall–Kier alpha value is -1.44. The Labute approximate surface area is 292 Å². The van der Waals surface area contributed by atoms with Gasteiger partial charge in [-0.05, 0) is 76.7 Å². The van der Waals surface area contributed by atoms with Gasteiger partial charge < -0.3 is 44.7 Å². The van der Waals surface area contributed by atoms with Crippen LogP contribution in [0.25, 0.3) is 0 Å². The smallest absolute Gasteiger partial charge is 0.305 e. The molecule has 5 heterocycles. The number of carboxylic acid groups (broad SMARTS) is 1. The van der Waals surface area contributed by atoms with E-state index < -0.39 is 65.4 Å². The van der Waals surface area contributed by atoms with Gasteiger partial charge in [-0.2, -0.15) is 0 Å². The highest BCUT2D eigenvalue weighted by Gasteiger charge is 2.62. The first-order valence-electron chi connectivity index (χ1n) is 18.9. The molecule has 0 aromatic carbocycles. The van der Waals surface area contributed by atoms with Crippen molar-refractivity contribution < 1.29 is 48.6 Å². The summed E-state index contributed by atoms with van der Waals surface area (Å²) in [6.45, 7) is 15.9. The largest absolute Gasteiger partial charge is 0.481 e. The summed E-state index contributed by atoms with van der Waals surface area (Å²) < 4.78 is 33.2. The lowest BCUT2D eigenvalue weighted by Crippen LogP contribution is -2.64. The molecule has 1 unspecified atom stereocenters. The van der Waals surface area contributed by atoms with Gasteiger partial charge in [-0.25, -0.2) is 0 Å². The van der Waals surface area contributed by atoms with Gasteiger partial charge in [0, 0.05) is 30.1 Å². The van der Waals surface area contributed by atoms with Crippen LogP contribution in [0.1, 0.15) is 113 Å². The number of carbonyl (C=O) groups is 2. The van der Waals surface area contributed by atoms with Crippen LogP contribution in [0.15, 0.2) is 12.2 Å². The third kappa shape index (κ3) is 7.56. The van der Waals surface area contributed by atoms with Crippen LogP contribution >= 0.6 is 0 Å². The van der Waals surface area contributed by atoms with Gasteiger partial charge in [0.15, 0.2) is 11.6 Å². The van der Waals surface area contributed by atoms with Gasteiger partial charge >= 0.3 is 5.97 Å². The molecule has 4 fully saturated rings. The van der Waals surface area contributed by atoms with Crippen molar-refractivity contribution in [1.82, 2.24) is 0 Å². The third-order valence-corrected chi connectivity index (χ3v) is 12.8. The number of aliphatic hydroxyl groups excluding tert-OH is 2. The number of ether oxygens (including phenoxy) is 5. The van der Waals surface area contributed by atoms with Crippen LogP contribution in [-0.4, -0.2) is 93.0 Å². The van der Waals surface area contributed by atoms with E-state index in [0.717, 1.165) is 12.8 Å². The van der Waals surface area contributed by atoms with E-state index in [0.29, 0.717) is 38.5 Å². The van der Waals surface area contributed by atoms with Crippen molar-refractivity contribution in [3.05, 3.63) is 12.2 Å². The van der Waals surface area contributed by atoms with Crippen LogP contribution in [0.5, 0.6) is 0 Å². The Kier molecular flexibility index (Phi) is 11.8. The maximum atomic E-state index is 14.3. The number of hydrogen-bond donors (Lipinski definition) is 4. The lowest BCUT2D eigenvalue weighted by atomic mass is 9.72. The highest BCUT2D eigenvalue weighted by Crippen LogP contribution is 2.53. The lowest BCUT2D eigenvalue weighted by molar-refractivity contribution is -0.396. The Morgan fingerprint density at radius 2 is 1.69 bits per heavy atom. The molecule has 5 rings (SSSR count). The van der Waals surface area contributed by atoms with E-state index in [2.05, 4.69) is 20.8 Å². The molecule has 49 heavy (non-hydrogen) atoms. The van der Waals surface area contributed by atoms with E-state index in [1.807, 2.05) is 39.8 Å². The van der Waals surface area contributed by atoms with Gasteiger partial charge in [0.2, 0.25) is 0 Å². The number of rotatable bonds is 10. The second-order valence-corrected chi connectivity index (χ2v) is 16.5. The van der Waals surface area contributed by atoms with Crippen molar-refractivity contribution in [3.8, 4) is 0 Å². The molecule has 0 bridgehead atoms. The lowest BCUT2D eigenvalue weighted by Gasteiger charge is -2.54. The molecular weight excluding hydrogens is 630 g/mol. The number of carbonyl (C=O) groups excluding carboxylic acids is 1. The minimum absolute atomic E-state index is 0.0461. The highest BCUT2D eigenvalue weighted by atomic mass is 16.8. The van der Waals surface area contributed by atoms with Crippen LogP contribution in [0.4, 0.5) is 0 Å². The summed E-state index contributed by atoms with van der Waals surface area (Å²) in [6.07, 6.45) is 5.93. The van der Waals surface area contributed by atoms with E-state index in [1.54, 1.807) is 6.92 Å². The molecule has 17 atom stereocenters. The molecule has 280 valence electrons. The molecule has 0 amide bonds. The van der Waals surface area contributed by atoms with Gasteiger partial charge in [-0.1, -0.05) is 47.6 Å². The van der Waals surface area contributed by atoms with E-state index in [-0.39, 0.29) is 54.2 Å². The first-order chi connectivity index (χ1) is 23.0. The second kappa shape index (κ2) is 14.9. The normalized spacial score (nSPS) is 46.8. The first kappa shape index (κ1) is 38.8. The number of ketones is 1. The number of carboxylic acids is 1. The Bertz CT molecular complexity index is 1210. The van der Waals surface area contributed by atoms with Gasteiger partial charge in [0.05, 0.1) is 60.8 Å². The Morgan fingerprint density at radius 1 is 0.980 bits per heavy atom. The van der Waals surface area contributed by atoms with E-state index in [9.17, 15) is 24.9 Å². The number of Topliss-reactive ketones (excluding diaryl/α,β-unsaturated/α-hetero) is 1. The van der Waals surface area contributed by atoms with E-state index >= 15 is 0 Å². The summed E-state index contributed by atoms with van der Waals surface area (Å²) >= 11 is 0. The SMILES string of the molecule is CCC(C(=O)[C@@H](C)[C@@H](O)[C@H](C)[C@@H]1O[C@@H](CC(=O)O)CC[C@@H]1C)[C@H]1O[C@]2(C=C[C@@H](N)[C@]3(CC[C@@](C)([C@H]4CC[C@@H](O)[C@H](C)O4)O3)O2)[C@H](C)C[C@@H]1C. The van der Waals surface area contributed by atoms with Gasteiger partial charge in [-0.3, -0.25) is 9.59 Å². The fourth-order valence-corrected chi connectivity index (χ4v) is 9.52. The van der Waals surface area contributed by atoms with E-state index in [4.69, 9.17) is 29.4 Å². The molecule has 0 aromatic heterocycles. The topological polar surface area (TPSA) is 167 Å². The molecular formula is C38H63NO10.